The average Bonchev–Trinajstić information content (AvgIpc) is 3.75. The van der Waals surface area contributed by atoms with Crippen LogP contribution in [0.4, 0.5) is 14.5 Å². The molecule has 4 heterocycles. The van der Waals surface area contributed by atoms with Gasteiger partial charge in [-0.15, -0.1) is 0 Å². The van der Waals surface area contributed by atoms with Gasteiger partial charge >= 0.3 is 5.69 Å². The van der Waals surface area contributed by atoms with Crippen LogP contribution >= 0.6 is 0 Å². The molecular weight excluding hydrogens is 482 g/mol. The summed E-state index contributed by atoms with van der Waals surface area (Å²) in [5, 5.41) is 4.48. The number of amides is 1. The number of nitrogens with zero attached hydrogens (tertiary/aromatic N) is 4. The lowest BCUT2D eigenvalue weighted by atomic mass is 9.95. The van der Waals surface area contributed by atoms with E-state index in [1.807, 2.05) is 24.3 Å². The first-order chi connectivity index (χ1) is 17.6. The van der Waals surface area contributed by atoms with E-state index in [0.717, 1.165) is 30.0 Å². The highest BCUT2D eigenvalue weighted by atomic mass is 19.3. The highest BCUT2D eigenvalue weighted by Gasteiger charge is 2.60. The number of nitrogens with one attached hydrogen (secondary N) is 2. The smallest absolute Gasteiger partial charge is 0.313 e. The number of hydrogen-bond donors (Lipinski definition) is 2. The number of carbonyl (C=O) groups excluding carboxylic acids is 1. The number of benzene rings is 1. The Morgan fingerprint density at radius 1 is 1.16 bits per heavy atom. The second kappa shape index (κ2) is 7.21. The van der Waals surface area contributed by atoms with Crippen LogP contribution in [0.5, 0.6) is 0 Å². The molecule has 3 aromatic heterocycles. The van der Waals surface area contributed by atoms with Gasteiger partial charge in [-0.05, 0) is 54.4 Å². The molecule has 2 atom stereocenters. The van der Waals surface area contributed by atoms with E-state index in [-0.39, 0.29) is 23.3 Å². The summed E-state index contributed by atoms with van der Waals surface area (Å²) in [6.45, 7) is 0.205. The van der Waals surface area contributed by atoms with Crippen LogP contribution in [0, 0.1) is 0 Å². The lowest BCUT2D eigenvalue weighted by Gasteiger charge is -2.22. The fourth-order valence-electron chi connectivity index (χ4n) is 5.79. The molecule has 1 spiro atoms. The number of alkyl halides is 2. The zero-order valence-corrected chi connectivity index (χ0v) is 19.8. The number of H-pyrrole nitrogens is 2. The number of halogens is 2. The van der Waals surface area contributed by atoms with Gasteiger partial charge in [0, 0.05) is 36.8 Å². The van der Waals surface area contributed by atoms with E-state index in [4.69, 9.17) is 0 Å². The van der Waals surface area contributed by atoms with Gasteiger partial charge in [-0.2, -0.15) is 5.10 Å². The number of hydrogen-bond acceptors (Lipinski definition) is 5. The van der Waals surface area contributed by atoms with Crippen molar-refractivity contribution < 1.29 is 13.6 Å². The lowest BCUT2D eigenvalue weighted by molar-refractivity contribution is -0.121. The molecule has 188 valence electrons. The van der Waals surface area contributed by atoms with Gasteiger partial charge in [-0.25, -0.2) is 23.1 Å². The topological polar surface area (TPSA) is 116 Å². The maximum Gasteiger partial charge on any atom is 0.325 e. The Balaban J connectivity index is 1.26. The third-order valence-corrected chi connectivity index (χ3v) is 7.77. The predicted octanol–water partition coefficient (Wildman–Crippen LogP) is 3.08. The molecule has 9 nitrogen and oxygen atoms in total. The largest absolute Gasteiger partial charge is 0.325 e. The average molecular weight is 504 g/mol. The molecule has 1 aliphatic heterocycles. The number of aromatic nitrogens is 5. The molecule has 1 unspecified atom stereocenters. The quantitative estimate of drug-likeness (QED) is 0.433. The van der Waals surface area contributed by atoms with Crippen molar-refractivity contribution in [3.63, 3.8) is 0 Å². The van der Waals surface area contributed by atoms with Crippen LogP contribution in [-0.2, 0) is 10.2 Å². The summed E-state index contributed by atoms with van der Waals surface area (Å²) in [6.07, 6.45) is 6.84. The van der Waals surface area contributed by atoms with E-state index >= 15 is 0 Å². The Morgan fingerprint density at radius 2 is 1.97 bits per heavy atom. The molecule has 2 saturated carbocycles. The first-order valence-corrected chi connectivity index (χ1v) is 12.2. The van der Waals surface area contributed by atoms with Gasteiger partial charge in [0.25, 0.3) is 11.5 Å². The normalized spacial score (nSPS) is 21.6. The summed E-state index contributed by atoms with van der Waals surface area (Å²) in [5.41, 5.74) is 2.84. The molecule has 2 N–H and O–H groups in total. The number of aromatic amines is 2. The predicted molar refractivity (Wildman–Crippen MR) is 130 cm³/mol. The molecule has 37 heavy (non-hydrogen) atoms. The van der Waals surface area contributed by atoms with Crippen molar-refractivity contribution in [2.45, 2.75) is 49.4 Å². The number of imidazole rings is 1. The third kappa shape index (κ3) is 3.36. The van der Waals surface area contributed by atoms with Crippen molar-refractivity contribution in [1.82, 2.24) is 24.6 Å². The summed E-state index contributed by atoms with van der Waals surface area (Å²) in [7, 11) is 0. The molecule has 1 aromatic carbocycles. The van der Waals surface area contributed by atoms with Gasteiger partial charge in [-0.1, -0.05) is 12.1 Å². The Kier molecular flexibility index (Phi) is 4.30. The zero-order chi connectivity index (χ0) is 25.7. The highest BCUT2D eigenvalue weighted by molar-refractivity contribution is 6.10. The molecule has 1 amide bonds. The maximum atomic E-state index is 14.0. The SMILES string of the molecule is CC(F)(F)CN1C(=O)C2(CC2)c2ccc(C3C[C@@H]3c3cc(-c4c[nH]c(=O)[nH]c4=O)nn4ccnc34)cc21. The van der Waals surface area contributed by atoms with Gasteiger partial charge in [-0.3, -0.25) is 14.6 Å². The fraction of sp³-hybridized carbons (Fsp3) is 0.346. The van der Waals surface area contributed by atoms with Crippen molar-refractivity contribution in [2.24, 2.45) is 0 Å². The second-order valence-electron chi connectivity index (χ2n) is 10.4. The Labute approximate surface area is 208 Å². The van der Waals surface area contributed by atoms with Gasteiger partial charge < -0.3 is 9.88 Å². The minimum absolute atomic E-state index is 0.0691. The molecule has 11 heteroatoms. The minimum atomic E-state index is -3.00. The summed E-state index contributed by atoms with van der Waals surface area (Å²) in [4.78, 5) is 47.3. The molecule has 2 aliphatic carbocycles. The number of carbonyl (C=O) groups is 1. The number of fused-ring (bicyclic) bond motifs is 3. The van der Waals surface area contributed by atoms with Crippen LogP contribution in [0.3, 0.4) is 0 Å². The minimum Gasteiger partial charge on any atom is -0.313 e. The van der Waals surface area contributed by atoms with Crippen molar-refractivity contribution in [3.8, 4) is 11.3 Å². The van der Waals surface area contributed by atoms with Crippen molar-refractivity contribution in [3.05, 3.63) is 80.4 Å². The number of anilines is 1. The fourth-order valence-corrected chi connectivity index (χ4v) is 5.79. The van der Waals surface area contributed by atoms with Crippen LogP contribution < -0.4 is 16.1 Å². The van der Waals surface area contributed by atoms with Gasteiger partial charge in [0.15, 0.2) is 5.65 Å². The Hall–Kier alpha value is -4.15. The monoisotopic (exact) mass is 504 g/mol. The number of rotatable bonds is 5. The Bertz CT molecular complexity index is 1730. The molecule has 0 saturated heterocycles. The van der Waals surface area contributed by atoms with E-state index in [1.54, 1.807) is 16.9 Å². The maximum absolute atomic E-state index is 14.0. The van der Waals surface area contributed by atoms with E-state index in [9.17, 15) is 23.2 Å². The van der Waals surface area contributed by atoms with Crippen LogP contribution in [0.15, 0.2) is 52.4 Å². The first kappa shape index (κ1) is 22.1. The summed E-state index contributed by atoms with van der Waals surface area (Å²) >= 11 is 0. The van der Waals surface area contributed by atoms with E-state index in [0.29, 0.717) is 29.9 Å². The van der Waals surface area contributed by atoms with Crippen LogP contribution in [0.25, 0.3) is 16.9 Å². The summed E-state index contributed by atoms with van der Waals surface area (Å²) in [6, 6.07) is 7.65. The van der Waals surface area contributed by atoms with Crippen LogP contribution in [0.1, 0.15) is 54.7 Å². The lowest BCUT2D eigenvalue weighted by Crippen LogP contribution is -2.39. The van der Waals surface area contributed by atoms with Crippen LogP contribution in [-0.4, -0.2) is 42.9 Å². The second-order valence-corrected chi connectivity index (χ2v) is 10.4. The Morgan fingerprint density at radius 3 is 2.70 bits per heavy atom. The molecule has 4 aromatic rings. The third-order valence-electron chi connectivity index (χ3n) is 7.77. The summed E-state index contributed by atoms with van der Waals surface area (Å²) in [5.74, 6) is -3.05. The van der Waals surface area contributed by atoms with Crippen molar-refractivity contribution in [2.75, 3.05) is 11.4 Å². The molecule has 2 fully saturated rings. The molecular formula is C26H22F2N6O3. The van der Waals surface area contributed by atoms with E-state index in [1.165, 1.54) is 11.1 Å². The van der Waals surface area contributed by atoms with Crippen LogP contribution in [0.2, 0.25) is 0 Å². The zero-order valence-electron chi connectivity index (χ0n) is 19.8. The van der Waals surface area contributed by atoms with Crippen molar-refractivity contribution in [1.29, 1.82) is 0 Å². The van der Waals surface area contributed by atoms with E-state index < -0.39 is 29.1 Å². The van der Waals surface area contributed by atoms with Crippen molar-refractivity contribution >= 4 is 17.2 Å². The molecule has 3 aliphatic rings. The van der Waals surface area contributed by atoms with Gasteiger partial charge in [0.1, 0.15) is 0 Å². The van der Waals surface area contributed by atoms with Gasteiger partial charge in [0.05, 0.1) is 23.2 Å². The molecule has 7 rings (SSSR count). The standard InChI is InChI=1S/C26H22F2N6O3/c1-25(27,28)12-33-20-8-13(2-3-18(20)26(4-5-26)23(33)36)14-9-15(14)16-10-19(32-34-7-6-29-21(16)34)17-11-30-24(37)31-22(17)35/h2-3,6-8,10-11,14-15H,4-5,9,12H2,1H3,(H2,30,31,35,37)/t14?,15-/m0/s1. The molecule has 0 radical (unpaired) electrons. The first-order valence-electron chi connectivity index (χ1n) is 12.2. The molecule has 0 bridgehead atoms. The van der Waals surface area contributed by atoms with E-state index in [2.05, 4.69) is 20.1 Å². The highest BCUT2D eigenvalue weighted by Crippen LogP contribution is 2.60. The summed E-state index contributed by atoms with van der Waals surface area (Å²) < 4.78 is 29.5. The van der Waals surface area contributed by atoms with Gasteiger partial charge in [0.2, 0.25) is 5.91 Å².